The van der Waals surface area contributed by atoms with Crippen LogP contribution in [0.1, 0.15) is 5.56 Å². The van der Waals surface area contributed by atoms with E-state index in [4.69, 9.17) is 0 Å². The Bertz CT molecular complexity index is 1190. The van der Waals surface area contributed by atoms with Crippen LogP contribution >= 0.6 is 11.8 Å². The second kappa shape index (κ2) is 6.42. The molecule has 4 rings (SSSR count). The molecule has 2 aromatic heterocycles. The summed E-state index contributed by atoms with van der Waals surface area (Å²) in [5.41, 5.74) is 2.81. The lowest BCUT2D eigenvalue weighted by atomic mass is 10.2. The number of H-pyrrole nitrogens is 1. The van der Waals surface area contributed by atoms with Crippen LogP contribution in [0, 0.1) is 0 Å². The first kappa shape index (κ1) is 17.1. The van der Waals surface area contributed by atoms with Gasteiger partial charge in [0.1, 0.15) is 0 Å². The number of aromatic amines is 1. The molecule has 134 valence electrons. The number of nitrogens with zero attached hydrogens (tertiary/aromatic N) is 4. The lowest BCUT2D eigenvalue weighted by molar-refractivity contribution is 0.520. The van der Waals surface area contributed by atoms with Crippen LogP contribution in [0.3, 0.4) is 0 Å². The average molecular weight is 387 g/mol. The van der Waals surface area contributed by atoms with E-state index in [2.05, 4.69) is 15.2 Å². The van der Waals surface area contributed by atoms with E-state index in [1.165, 1.54) is 30.2 Å². The highest BCUT2D eigenvalue weighted by Crippen LogP contribution is 2.26. The summed E-state index contributed by atoms with van der Waals surface area (Å²) in [5, 5.41) is 8.06. The van der Waals surface area contributed by atoms with Gasteiger partial charge in [-0.2, -0.15) is 0 Å². The van der Waals surface area contributed by atoms with Gasteiger partial charge in [-0.25, -0.2) is 22.8 Å². The summed E-state index contributed by atoms with van der Waals surface area (Å²) in [5.74, 6) is 1.29. The second-order valence-electron chi connectivity index (χ2n) is 5.99. The third-order valence-electron chi connectivity index (χ3n) is 4.05. The predicted molar refractivity (Wildman–Crippen MR) is 102 cm³/mol. The van der Waals surface area contributed by atoms with Crippen LogP contribution in [0.4, 0.5) is 0 Å². The monoisotopic (exact) mass is 387 g/mol. The topological polar surface area (TPSA) is 83.4 Å². The zero-order valence-electron chi connectivity index (χ0n) is 14.2. The van der Waals surface area contributed by atoms with Gasteiger partial charge in [-0.3, -0.25) is 4.40 Å². The number of hydrogen-bond acceptors (Lipinski definition) is 5. The third-order valence-corrected chi connectivity index (χ3v) is 6.87. The lowest BCUT2D eigenvalue weighted by Crippen LogP contribution is -2.22. The molecule has 0 atom stereocenters. The van der Waals surface area contributed by atoms with Crippen molar-refractivity contribution in [2.75, 3.05) is 14.1 Å². The minimum atomic E-state index is -3.44. The highest BCUT2D eigenvalue weighted by atomic mass is 32.2. The van der Waals surface area contributed by atoms with Crippen molar-refractivity contribution in [3.63, 3.8) is 0 Å². The molecule has 0 unspecified atom stereocenters. The quantitative estimate of drug-likeness (QED) is 0.533. The number of fused-ring (bicyclic) bond motifs is 3. The molecule has 0 bridgehead atoms. The van der Waals surface area contributed by atoms with E-state index in [-0.39, 0.29) is 0 Å². The number of nitrogens with one attached hydrogen (secondary N) is 1. The molecule has 1 N–H and O–H groups in total. The number of sulfonamides is 1. The molecule has 0 fully saturated rings. The Morgan fingerprint density at radius 3 is 2.77 bits per heavy atom. The molecule has 0 saturated heterocycles. The summed E-state index contributed by atoms with van der Waals surface area (Å²) in [6.07, 6.45) is 0. The van der Waals surface area contributed by atoms with Crippen LogP contribution in [-0.2, 0) is 15.8 Å². The van der Waals surface area contributed by atoms with Gasteiger partial charge in [-0.1, -0.05) is 36.0 Å². The van der Waals surface area contributed by atoms with Gasteiger partial charge in [0, 0.05) is 19.8 Å². The van der Waals surface area contributed by atoms with Gasteiger partial charge in [-0.05, 0) is 29.8 Å². The Morgan fingerprint density at radius 2 is 1.96 bits per heavy atom. The summed E-state index contributed by atoms with van der Waals surface area (Å²) in [6.45, 7) is 0. The number of aromatic nitrogens is 4. The predicted octanol–water partition coefficient (Wildman–Crippen LogP) is 2.75. The highest BCUT2D eigenvalue weighted by Gasteiger charge is 2.17. The SMILES string of the molecule is CN(C)S(=O)(=O)c1cccc(CSc2n[nH]c3nc4ccccc4n23)c1. The van der Waals surface area contributed by atoms with Crippen molar-refractivity contribution in [2.45, 2.75) is 15.8 Å². The summed E-state index contributed by atoms with van der Waals surface area (Å²) in [7, 11) is -0.381. The molecule has 0 aliphatic rings. The molecule has 0 radical (unpaired) electrons. The minimum Gasteiger partial charge on any atom is -0.254 e. The first-order chi connectivity index (χ1) is 12.5. The zero-order chi connectivity index (χ0) is 18.3. The van der Waals surface area contributed by atoms with Crippen molar-refractivity contribution in [1.29, 1.82) is 0 Å². The second-order valence-corrected chi connectivity index (χ2v) is 9.08. The van der Waals surface area contributed by atoms with Gasteiger partial charge in [0.15, 0.2) is 5.16 Å². The van der Waals surface area contributed by atoms with E-state index in [1.807, 2.05) is 34.7 Å². The molecule has 0 saturated carbocycles. The Morgan fingerprint density at radius 1 is 1.15 bits per heavy atom. The van der Waals surface area contributed by atoms with Gasteiger partial charge >= 0.3 is 0 Å². The summed E-state index contributed by atoms with van der Waals surface area (Å²) >= 11 is 1.53. The summed E-state index contributed by atoms with van der Waals surface area (Å²) < 4.78 is 27.8. The molecule has 0 aliphatic heterocycles. The van der Waals surface area contributed by atoms with Gasteiger partial charge in [0.2, 0.25) is 15.8 Å². The van der Waals surface area contributed by atoms with E-state index < -0.39 is 10.0 Å². The molecule has 2 aromatic carbocycles. The molecule has 2 heterocycles. The summed E-state index contributed by atoms with van der Waals surface area (Å²) in [6, 6.07) is 14.9. The Hall–Kier alpha value is -2.36. The highest BCUT2D eigenvalue weighted by molar-refractivity contribution is 7.98. The molecular formula is C17H17N5O2S2. The Kier molecular flexibility index (Phi) is 4.22. The van der Waals surface area contributed by atoms with Crippen LogP contribution in [-0.4, -0.2) is 46.4 Å². The molecule has 9 heteroatoms. The van der Waals surface area contributed by atoms with Gasteiger partial charge in [0.05, 0.1) is 15.9 Å². The maximum atomic E-state index is 12.3. The smallest absolute Gasteiger partial charge is 0.242 e. The molecule has 4 aromatic rings. The zero-order valence-corrected chi connectivity index (χ0v) is 15.9. The van der Waals surface area contributed by atoms with Crippen molar-refractivity contribution >= 4 is 38.6 Å². The van der Waals surface area contributed by atoms with Crippen molar-refractivity contribution in [3.05, 3.63) is 54.1 Å². The first-order valence-corrected chi connectivity index (χ1v) is 10.4. The van der Waals surface area contributed by atoms with Gasteiger partial charge in [0.25, 0.3) is 0 Å². The van der Waals surface area contributed by atoms with E-state index >= 15 is 0 Å². The minimum absolute atomic E-state index is 0.292. The maximum absolute atomic E-state index is 12.3. The lowest BCUT2D eigenvalue weighted by Gasteiger charge is -2.12. The van der Waals surface area contributed by atoms with Crippen LogP contribution in [0.5, 0.6) is 0 Å². The number of thioether (sulfide) groups is 1. The largest absolute Gasteiger partial charge is 0.254 e. The summed E-state index contributed by atoms with van der Waals surface area (Å²) in [4.78, 5) is 4.80. The number of benzene rings is 2. The van der Waals surface area contributed by atoms with Crippen molar-refractivity contribution in [2.24, 2.45) is 0 Å². The first-order valence-electron chi connectivity index (χ1n) is 7.92. The van der Waals surface area contributed by atoms with Gasteiger partial charge < -0.3 is 0 Å². The van der Waals surface area contributed by atoms with E-state index in [0.29, 0.717) is 16.4 Å². The molecule has 0 aliphatic carbocycles. The van der Waals surface area contributed by atoms with Crippen LogP contribution < -0.4 is 0 Å². The van der Waals surface area contributed by atoms with Crippen LogP contribution in [0.15, 0.2) is 58.6 Å². The van der Waals surface area contributed by atoms with E-state index in [1.54, 1.807) is 18.2 Å². The Labute approximate surface area is 155 Å². The van der Waals surface area contributed by atoms with Crippen molar-refractivity contribution in [3.8, 4) is 0 Å². The average Bonchev–Trinajstić information content (AvgIpc) is 3.19. The maximum Gasteiger partial charge on any atom is 0.242 e. The van der Waals surface area contributed by atoms with E-state index in [0.717, 1.165) is 21.8 Å². The fourth-order valence-corrected chi connectivity index (χ4v) is 4.57. The third kappa shape index (κ3) is 2.87. The molecule has 0 spiro atoms. The Balaban J connectivity index is 1.63. The van der Waals surface area contributed by atoms with Crippen molar-refractivity contribution < 1.29 is 8.42 Å². The molecule has 0 amide bonds. The number of hydrogen-bond donors (Lipinski definition) is 1. The molecule has 26 heavy (non-hydrogen) atoms. The fourth-order valence-electron chi connectivity index (χ4n) is 2.69. The molecular weight excluding hydrogens is 370 g/mol. The molecule has 7 nitrogen and oxygen atoms in total. The van der Waals surface area contributed by atoms with Gasteiger partial charge in [-0.15, -0.1) is 5.10 Å². The number of rotatable bonds is 5. The number of imidazole rings is 1. The van der Waals surface area contributed by atoms with E-state index in [9.17, 15) is 8.42 Å². The van der Waals surface area contributed by atoms with Crippen molar-refractivity contribution in [1.82, 2.24) is 23.9 Å². The number of para-hydroxylation sites is 2. The van der Waals surface area contributed by atoms with Crippen LogP contribution in [0.2, 0.25) is 0 Å². The van der Waals surface area contributed by atoms with Crippen LogP contribution in [0.25, 0.3) is 16.8 Å². The fraction of sp³-hybridized carbons (Fsp3) is 0.176. The standard InChI is InChI=1S/C17H17N5O2S2/c1-21(2)26(23,24)13-7-5-6-12(10-13)11-25-17-20-19-16-18-14-8-3-4-9-15(14)22(16)17/h3-10H,11H2,1-2H3,(H,18,19). The normalized spacial score (nSPS) is 12.4.